The first-order chi connectivity index (χ1) is 7.69. The molecule has 2 heterocycles. The van der Waals surface area contributed by atoms with Gasteiger partial charge in [0.15, 0.2) is 5.82 Å². The van der Waals surface area contributed by atoms with Crippen molar-refractivity contribution in [2.45, 2.75) is 12.5 Å². The Balaban J connectivity index is 2.12. The molecule has 0 amide bonds. The number of aromatic nitrogens is 6. The van der Waals surface area contributed by atoms with E-state index in [9.17, 15) is 0 Å². The Morgan fingerprint density at radius 2 is 2.31 bits per heavy atom. The Morgan fingerprint density at radius 1 is 1.50 bits per heavy atom. The van der Waals surface area contributed by atoms with Crippen molar-refractivity contribution in [2.24, 2.45) is 19.9 Å². The lowest BCUT2D eigenvalue weighted by atomic mass is 10.1. The second-order valence-electron chi connectivity index (χ2n) is 3.57. The third-order valence-electron chi connectivity index (χ3n) is 2.26. The van der Waals surface area contributed by atoms with Crippen molar-refractivity contribution in [3.63, 3.8) is 0 Å². The van der Waals surface area contributed by atoms with Crippen molar-refractivity contribution >= 4 is 0 Å². The van der Waals surface area contributed by atoms with E-state index in [2.05, 4.69) is 25.9 Å². The summed E-state index contributed by atoms with van der Waals surface area (Å²) in [6.45, 7) is 0. The standard InChI is InChI=1S/C8H14N8/c1-15-5-6(4-10-15)7(11-9)3-8-12-14-16(2)13-8/h4-5,7,11H,3,9H2,1-2H3. The van der Waals surface area contributed by atoms with E-state index < -0.39 is 0 Å². The second-order valence-corrected chi connectivity index (χ2v) is 3.57. The molecule has 0 aliphatic carbocycles. The van der Waals surface area contributed by atoms with Gasteiger partial charge in [0.2, 0.25) is 0 Å². The quantitative estimate of drug-likeness (QED) is 0.492. The SMILES string of the molecule is Cn1cc(C(Cc2nnn(C)n2)NN)cn1. The lowest BCUT2D eigenvalue weighted by Crippen LogP contribution is -2.29. The number of tetrazole rings is 1. The van der Waals surface area contributed by atoms with Crippen molar-refractivity contribution in [1.82, 2.24) is 35.4 Å². The Morgan fingerprint density at radius 3 is 2.81 bits per heavy atom. The third kappa shape index (κ3) is 2.23. The molecule has 2 rings (SSSR count). The average molecular weight is 222 g/mol. The highest BCUT2D eigenvalue weighted by molar-refractivity contribution is 5.11. The molecule has 2 aromatic heterocycles. The van der Waals surface area contributed by atoms with Crippen LogP contribution in [0.15, 0.2) is 12.4 Å². The van der Waals surface area contributed by atoms with Gasteiger partial charge in [0, 0.05) is 25.2 Å². The van der Waals surface area contributed by atoms with Crippen LogP contribution in [0.25, 0.3) is 0 Å². The predicted molar refractivity (Wildman–Crippen MR) is 55.8 cm³/mol. The number of hydrogen-bond acceptors (Lipinski definition) is 6. The van der Waals surface area contributed by atoms with Gasteiger partial charge < -0.3 is 0 Å². The van der Waals surface area contributed by atoms with Crippen LogP contribution in [0.3, 0.4) is 0 Å². The van der Waals surface area contributed by atoms with Crippen LogP contribution in [0.4, 0.5) is 0 Å². The van der Waals surface area contributed by atoms with Crippen LogP contribution in [0.2, 0.25) is 0 Å². The van der Waals surface area contributed by atoms with Crippen molar-refractivity contribution in [1.29, 1.82) is 0 Å². The smallest absolute Gasteiger partial charge is 0.176 e. The van der Waals surface area contributed by atoms with E-state index in [0.717, 1.165) is 5.56 Å². The number of nitrogens with one attached hydrogen (secondary N) is 1. The molecule has 0 radical (unpaired) electrons. The number of nitrogens with zero attached hydrogens (tertiary/aromatic N) is 6. The molecule has 1 unspecified atom stereocenters. The molecule has 0 aliphatic rings. The Labute approximate surface area is 92.4 Å². The van der Waals surface area contributed by atoms with Crippen molar-refractivity contribution in [3.05, 3.63) is 23.8 Å². The number of hydrogen-bond donors (Lipinski definition) is 2. The molecule has 0 spiro atoms. The summed E-state index contributed by atoms with van der Waals surface area (Å²) in [6.07, 6.45) is 4.25. The highest BCUT2D eigenvalue weighted by Crippen LogP contribution is 2.14. The second kappa shape index (κ2) is 4.37. The van der Waals surface area contributed by atoms with Gasteiger partial charge in [0.05, 0.1) is 19.3 Å². The molecule has 0 aromatic carbocycles. The van der Waals surface area contributed by atoms with E-state index >= 15 is 0 Å². The van der Waals surface area contributed by atoms with Crippen LogP contribution >= 0.6 is 0 Å². The Kier molecular flexibility index (Phi) is 2.93. The van der Waals surface area contributed by atoms with E-state index in [1.807, 2.05) is 13.2 Å². The molecular weight excluding hydrogens is 208 g/mol. The van der Waals surface area contributed by atoms with Gasteiger partial charge >= 0.3 is 0 Å². The van der Waals surface area contributed by atoms with Crippen LogP contribution in [0, 0.1) is 0 Å². The lowest BCUT2D eigenvalue weighted by molar-refractivity contribution is 0.535. The maximum Gasteiger partial charge on any atom is 0.176 e. The first kappa shape index (κ1) is 10.7. The van der Waals surface area contributed by atoms with E-state index in [1.54, 1.807) is 17.9 Å². The lowest BCUT2D eigenvalue weighted by Gasteiger charge is -2.10. The third-order valence-corrected chi connectivity index (χ3v) is 2.26. The van der Waals surface area contributed by atoms with Crippen LogP contribution in [-0.2, 0) is 20.5 Å². The molecule has 0 fully saturated rings. The Hall–Kier alpha value is -1.80. The highest BCUT2D eigenvalue weighted by atomic mass is 15.6. The minimum Gasteiger partial charge on any atom is -0.275 e. The molecule has 2 aromatic rings. The van der Waals surface area contributed by atoms with E-state index in [1.165, 1.54) is 4.80 Å². The molecule has 0 saturated carbocycles. The summed E-state index contributed by atoms with van der Waals surface area (Å²) < 4.78 is 1.73. The molecular formula is C8H14N8. The monoisotopic (exact) mass is 222 g/mol. The number of hydrazine groups is 1. The summed E-state index contributed by atoms with van der Waals surface area (Å²) in [5.74, 6) is 6.15. The van der Waals surface area contributed by atoms with Crippen molar-refractivity contribution < 1.29 is 0 Å². The van der Waals surface area contributed by atoms with Crippen LogP contribution in [0.5, 0.6) is 0 Å². The van der Waals surface area contributed by atoms with Crippen molar-refractivity contribution in [3.8, 4) is 0 Å². The summed E-state index contributed by atoms with van der Waals surface area (Å²) >= 11 is 0. The number of nitrogens with two attached hydrogens (primary N) is 1. The van der Waals surface area contributed by atoms with Gasteiger partial charge in [-0.3, -0.25) is 16.0 Å². The molecule has 16 heavy (non-hydrogen) atoms. The Bertz CT molecular complexity index is 458. The number of rotatable bonds is 4. The first-order valence-corrected chi connectivity index (χ1v) is 4.86. The van der Waals surface area contributed by atoms with Crippen LogP contribution in [0.1, 0.15) is 17.4 Å². The average Bonchev–Trinajstić information content (AvgIpc) is 2.84. The molecule has 0 aliphatic heterocycles. The summed E-state index contributed by atoms with van der Waals surface area (Å²) in [7, 11) is 3.59. The largest absolute Gasteiger partial charge is 0.275 e. The fourth-order valence-electron chi connectivity index (χ4n) is 1.48. The zero-order valence-corrected chi connectivity index (χ0v) is 9.20. The topological polar surface area (TPSA) is 99.5 Å². The molecule has 1 atom stereocenters. The van der Waals surface area contributed by atoms with Gasteiger partial charge in [0.25, 0.3) is 0 Å². The minimum absolute atomic E-state index is 0.0575. The van der Waals surface area contributed by atoms with Crippen LogP contribution < -0.4 is 11.3 Å². The minimum atomic E-state index is -0.0575. The normalized spacial score (nSPS) is 12.9. The van der Waals surface area contributed by atoms with Crippen LogP contribution in [-0.4, -0.2) is 30.0 Å². The molecule has 86 valence electrons. The van der Waals surface area contributed by atoms with Gasteiger partial charge in [0.1, 0.15) is 0 Å². The maximum atomic E-state index is 5.50. The molecule has 0 saturated heterocycles. The van der Waals surface area contributed by atoms with Crippen molar-refractivity contribution in [2.75, 3.05) is 0 Å². The summed E-state index contributed by atoms with van der Waals surface area (Å²) in [5.41, 5.74) is 3.72. The van der Waals surface area contributed by atoms with Gasteiger partial charge in [-0.15, -0.1) is 10.2 Å². The highest BCUT2D eigenvalue weighted by Gasteiger charge is 2.15. The van der Waals surface area contributed by atoms with Gasteiger partial charge in [-0.2, -0.15) is 9.90 Å². The maximum absolute atomic E-state index is 5.50. The zero-order valence-electron chi connectivity index (χ0n) is 9.20. The van der Waals surface area contributed by atoms with E-state index in [-0.39, 0.29) is 6.04 Å². The molecule has 3 N–H and O–H groups in total. The van der Waals surface area contributed by atoms with Gasteiger partial charge in [-0.25, -0.2) is 0 Å². The summed E-state index contributed by atoms with van der Waals surface area (Å²) in [5, 5.41) is 15.9. The molecule has 0 bridgehead atoms. The molecule has 8 nitrogen and oxygen atoms in total. The first-order valence-electron chi connectivity index (χ1n) is 4.86. The fraction of sp³-hybridized carbons (Fsp3) is 0.500. The van der Waals surface area contributed by atoms with Gasteiger partial charge in [-0.05, 0) is 5.21 Å². The number of aryl methyl sites for hydroxylation is 2. The van der Waals surface area contributed by atoms with E-state index in [0.29, 0.717) is 12.2 Å². The van der Waals surface area contributed by atoms with E-state index in [4.69, 9.17) is 5.84 Å². The predicted octanol–water partition coefficient (Wildman–Crippen LogP) is -1.31. The molecule has 8 heteroatoms. The summed E-state index contributed by atoms with van der Waals surface area (Å²) in [4.78, 5) is 1.42. The van der Waals surface area contributed by atoms with Gasteiger partial charge in [-0.1, -0.05) is 0 Å². The fourth-order valence-corrected chi connectivity index (χ4v) is 1.48. The zero-order chi connectivity index (χ0) is 11.5. The summed E-state index contributed by atoms with van der Waals surface area (Å²) in [6, 6.07) is -0.0575.